The maximum atomic E-state index is 10.5. The maximum absolute atomic E-state index is 10.5. The standard InChI is InChI=1S/C18H32O10/c1-7-16(23)10(19)5-14(25-7)27-18-9(3)26-15(6-12(18)21)28-17-8(2)24-13(22)4-11(17)20/h7-23H,4-6H2,1-3H3/t7-,8-,9-,10+,11+,12+,13?,14+,15+,16-,17-,18-/m1/s1. The summed E-state index contributed by atoms with van der Waals surface area (Å²) in [5.41, 5.74) is 0. The Kier molecular flexibility index (Phi) is 7.30. The van der Waals surface area contributed by atoms with Crippen LogP contribution in [0, 0.1) is 0 Å². The molecule has 28 heavy (non-hydrogen) atoms. The molecule has 3 aliphatic heterocycles. The van der Waals surface area contributed by atoms with Crippen LogP contribution in [0.25, 0.3) is 0 Å². The van der Waals surface area contributed by atoms with Gasteiger partial charge in [0, 0.05) is 19.3 Å². The third kappa shape index (κ3) is 5.01. The van der Waals surface area contributed by atoms with Crippen molar-refractivity contribution in [2.45, 2.75) is 114 Å². The van der Waals surface area contributed by atoms with Crippen LogP contribution in [0.5, 0.6) is 0 Å². The minimum atomic E-state index is -1.04. The minimum Gasteiger partial charge on any atom is -0.390 e. The van der Waals surface area contributed by atoms with Crippen molar-refractivity contribution < 1.29 is 49.2 Å². The van der Waals surface area contributed by atoms with E-state index in [0.29, 0.717) is 0 Å². The first kappa shape index (κ1) is 22.3. The van der Waals surface area contributed by atoms with Crippen molar-refractivity contribution in [3.05, 3.63) is 0 Å². The molecule has 10 nitrogen and oxygen atoms in total. The second-order valence-corrected chi connectivity index (χ2v) is 7.94. The highest BCUT2D eigenvalue weighted by molar-refractivity contribution is 4.87. The Morgan fingerprint density at radius 3 is 1.57 bits per heavy atom. The maximum Gasteiger partial charge on any atom is 0.161 e. The second kappa shape index (κ2) is 9.17. The molecule has 0 radical (unpaired) electrons. The van der Waals surface area contributed by atoms with Crippen molar-refractivity contribution >= 4 is 0 Å². The van der Waals surface area contributed by atoms with E-state index in [1.807, 2.05) is 0 Å². The number of aliphatic hydroxyl groups excluding tert-OH is 5. The monoisotopic (exact) mass is 408 g/mol. The summed E-state index contributed by atoms with van der Waals surface area (Å²) in [5, 5.41) is 49.9. The number of aliphatic hydroxyl groups is 5. The summed E-state index contributed by atoms with van der Waals surface area (Å²) in [5.74, 6) is 0. The fourth-order valence-corrected chi connectivity index (χ4v) is 4.00. The van der Waals surface area contributed by atoms with Crippen LogP contribution in [0.4, 0.5) is 0 Å². The molecule has 0 spiro atoms. The molecule has 5 N–H and O–H groups in total. The summed E-state index contributed by atoms with van der Waals surface area (Å²) in [6.45, 7) is 5.05. The van der Waals surface area contributed by atoms with Crippen LogP contribution in [-0.4, -0.2) is 99.3 Å². The van der Waals surface area contributed by atoms with Crippen molar-refractivity contribution in [2.75, 3.05) is 0 Å². The smallest absolute Gasteiger partial charge is 0.161 e. The predicted octanol–water partition coefficient (Wildman–Crippen LogP) is -1.40. The molecule has 0 aromatic carbocycles. The number of rotatable bonds is 4. The number of hydrogen-bond acceptors (Lipinski definition) is 10. The zero-order valence-corrected chi connectivity index (χ0v) is 16.3. The summed E-state index contributed by atoms with van der Waals surface area (Å²) in [6, 6.07) is 0. The highest BCUT2D eigenvalue weighted by Gasteiger charge is 2.44. The van der Waals surface area contributed by atoms with E-state index in [4.69, 9.17) is 23.7 Å². The molecule has 0 aromatic rings. The fourth-order valence-electron chi connectivity index (χ4n) is 4.00. The van der Waals surface area contributed by atoms with Gasteiger partial charge in [-0.25, -0.2) is 0 Å². The lowest BCUT2D eigenvalue weighted by Crippen LogP contribution is -2.56. The van der Waals surface area contributed by atoms with Gasteiger partial charge in [-0.1, -0.05) is 0 Å². The molecule has 3 saturated heterocycles. The quantitative estimate of drug-likeness (QED) is 0.376. The topological polar surface area (TPSA) is 147 Å². The van der Waals surface area contributed by atoms with Gasteiger partial charge < -0.3 is 49.2 Å². The van der Waals surface area contributed by atoms with E-state index in [-0.39, 0.29) is 19.3 Å². The van der Waals surface area contributed by atoms with E-state index in [0.717, 1.165) is 0 Å². The van der Waals surface area contributed by atoms with E-state index in [9.17, 15) is 25.5 Å². The summed E-state index contributed by atoms with van der Waals surface area (Å²) >= 11 is 0. The Labute approximate surface area is 163 Å². The first-order chi connectivity index (χ1) is 13.2. The molecule has 3 fully saturated rings. The van der Waals surface area contributed by atoms with Crippen LogP contribution in [0.2, 0.25) is 0 Å². The van der Waals surface area contributed by atoms with Crippen LogP contribution >= 0.6 is 0 Å². The third-order valence-electron chi connectivity index (χ3n) is 5.59. The van der Waals surface area contributed by atoms with Gasteiger partial charge in [-0.05, 0) is 20.8 Å². The van der Waals surface area contributed by atoms with Gasteiger partial charge >= 0.3 is 0 Å². The third-order valence-corrected chi connectivity index (χ3v) is 5.59. The van der Waals surface area contributed by atoms with Crippen molar-refractivity contribution in [3.8, 4) is 0 Å². The SMILES string of the molecule is C[C@H]1O[C@@H](O[C@H]2[C@@H](O)C[C@H](O[C@H]3[C@@H](O)CC(O)O[C@@H]3C)O[C@@H]2C)C[C@H](O)[C@@H]1O. The van der Waals surface area contributed by atoms with Gasteiger partial charge in [-0.3, -0.25) is 0 Å². The van der Waals surface area contributed by atoms with Crippen molar-refractivity contribution in [3.63, 3.8) is 0 Å². The molecule has 0 amide bonds. The summed E-state index contributed by atoms with van der Waals surface area (Å²) in [7, 11) is 0. The van der Waals surface area contributed by atoms with Gasteiger partial charge in [-0.15, -0.1) is 0 Å². The molecule has 1 unspecified atom stereocenters. The molecule has 3 heterocycles. The van der Waals surface area contributed by atoms with E-state index in [1.165, 1.54) is 0 Å². The number of ether oxygens (including phenoxy) is 5. The van der Waals surface area contributed by atoms with Crippen molar-refractivity contribution in [1.29, 1.82) is 0 Å². The Morgan fingerprint density at radius 1 is 0.607 bits per heavy atom. The zero-order valence-electron chi connectivity index (χ0n) is 16.3. The molecular formula is C18H32O10. The average molecular weight is 408 g/mol. The van der Waals surface area contributed by atoms with Gasteiger partial charge in [0.1, 0.15) is 18.3 Å². The minimum absolute atomic E-state index is 0.0386. The highest BCUT2D eigenvalue weighted by Crippen LogP contribution is 2.31. The van der Waals surface area contributed by atoms with Gasteiger partial charge in [0.15, 0.2) is 18.9 Å². The summed E-state index contributed by atoms with van der Waals surface area (Å²) in [6.07, 6.45) is -9.17. The molecule has 3 aliphatic rings. The lowest BCUT2D eigenvalue weighted by molar-refractivity contribution is -0.331. The van der Waals surface area contributed by atoms with Crippen LogP contribution in [0.15, 0.2) is 0 Å². The van der Waals surface area contributed by atoms with Crippen molar-refractivity contribution in [1.82, 2.24) is 0 Å². The van der Waals surface area contributed by atoms with Crippen LogP contribution < -0.4 is 0 Å². The summed E-state index contributed by atoms with van der Waals surface area (Å²) in [4.78, 5) is 0. The molecule has 3 rings (SSSR count). The lowest BCUT2D eigenvalue weighted by Gasteiger charge is -2.44. The summed E-state index contributed by atoms with van der Waals surface area (Å²) < 4.78 is 28.3. The zero-order chi connectivity index (χ0) is 20.6. The average Bonchev–Trinajstić information content (AvgIpc) is 2.59. The van der Waals surface area contributed by atoms with Gasteiger partial charge in [-0.2, -0.15) is 0 Å². The Hall–Kier alpha value is -0.400. The lowest BCUT2D eigenvalue weighted by atomic mass is 9.99. The number of hydrogen-bond donors (Lipinski definition) is 5. The van der Waals surface area contributed by atoms with E-state index < -0.39 is 73.8 Å². The van der Waals surface area contributed by atoms with E-state index >= 15 is 0 Å². The largest absolute Gasteiger partial charge is 0.390 e. The molecular weight excluding hydrogens is 376 g/mol. The van der Waals surface area contributed by atoms with E-state index in [1.54, 1.807) is 20.8 Å². The first-order valence-electron chi connectivity index (χ1n) is 9.83. The molecule has 0 saturated carbocycles. The van der Waals surface area contributed by atoms with Crippen LogP contribution in [0.1, 0.15) is 40.0 Å². The second-order valence-electron chi connectivity index (χ2n) is 7.94. The van der Waals surface area contributed by atoms with Gasteiger partial charge in [0.05, 0.1) is 36.6 Å². The first-order valence-corrected chi connectivity index (χ1v) is 9.83. The van der Waals surface area contributed by atoms with Gasteiger partial charge in [0.2, 0.25) is 0 Å². The Bertz CT molecular complexity index is 471. The fraction of sp³-hybridized carbons (Fsp3) is 1.00. The molecule has 0 bridgehead atoms. The molecule has 0 aliphatic carbocycles. The van der Waals surface area contributed by atoms with Crippen molar-refractivity contribution in [2.24, 2.45) is 0 Å². The molecule has 10 heteroatoms. The van der Waals surface area contributed by atoms with E-state index in [2.05, 4.69) is 0 Å². The van der Waals surface area contributed by atoms with Crippen LogP contribution in [0.3, 0.4) is 0 Å². The molecule has 164 valence electrons. The van der Waals surface area contributed by atoms with Crippen LogP contribution in [-0.2, 0) is 23.7 Å². The molecule has 12 atom stereocenters. The Balaban J connectivity index is 1.54. The Morgan fingerprint density at radius 2 is 1.07 bits per heavy atom. The van der Waals surface area contributed by atoms with Gasteiger partial charge in [0.25, 0.3) is 0 Å². The normalized spacial score (nSPS) is 53.1. The molecule has 0 aromatic heterocycles. The predicted molar refractivity (Wildman–Crippen MR) is 92.8 cm³/mol. The highest BCUT2D eigenvalue weighted by atomic mass is 16.7.